The second-order valence-electron chi connectivity index (χ2n) is 10.2. The molecule has 2 aliphatic carbocycles. The molecule has 3 rings (SSSR count). The number of hydrogen-bond acceptors (Lipinski definition) is 8. The molecule has 1 aromatic carbocycles. The van der Waals surface area contributed by atoms with Crippen LogP contribution in [-0.4, -0.2) is 76.2 Å². The van der Waals surface area contributed by atoms with Crippen molar-refractivity contribution in [2.45, 2.75) is 51.2 Å². The van der Waals surface area contributed by atoms with Gasteiger partial charge in [-0.05, 0) is 42.6 Å². The summed E-state index contributed by atoms with van der Waals surface area (Å²) in [7, 11) is 0. The van der Waals surface area contributed by atoms with Gasteiger partial charge in [-0.25, -0.2) is 9.59 Å². The van der Waals surface area contributed by atoms with Crippen LogP contribution in [0.3, 0.4) is 0 Å². The molecule has 4 amide bonds. The zero-order valence-electron chi connectivity index (χ0n) is 23.9. The molecule has 0 heterocycles. The maximum Gasteiger partial charge on any atom is 0.408 e. The molecule has 230 valence electrons. The highest BCUT2D eigenvalue weighted by Gasteiger charge is 2.49. The van der Waals surface area contributed by atoms with E-state index in [1.54, 1.807) is 0 Å². The number of nitrogens with one attached hydrogen (secondary N) is 3. The van der Waals surface area contributed by atoms with Gasteiger partial charge in [-0.1, -0.05) is 30.3 Å². The predicted molar refractivity (Wildman–Crippen MR) is 153 cm³/mol. The van der Waals surface area contributed by atoms with Crippen LogP contribution in [-0.2, 0) is 35.1 Å². The Bertz CT molecular complexity index is 1060. The lowest BCUT2D eigenvalue weighted by molar-refractivity contribution is -0.123. The normalized spacial score (nSPS) is 19.4. The molecule has 0 bridgehead atoms. The summed E-state index contributed by atoms with van der Waals surface area (Å²) in [6.45, 7) is 2.16. The van der Waals surface area contributed by atoms with Crippen molar-refractivity contribution in [3.8, 4) is 11.8 Å². The van der Waals surface area contributed by atoms with E-state index in [1.165, 1.54) is 0 Å². The monoisotopic (exact) mass is 586 g/mol. The van der Waals surface area contributed by atoms with Gasteiger partial charge in [0.1, 0.15) is 12.6 Å². The number of nitrogens with two attached hydrogens (primary N) is 1. The minimum Gasteiger partial charge on any atom is -0.449 e. The minimum atomic E-state index is -0.986. The van der Waals surface area contributed by atoms with Crippen LogP contribution in [0.5, 0.6) is 0 Å². The quantitative estimate of drug-likeness (QED) is 0.149. The van der Waals surface area contributed by atoms with Crippen LogP contribution in [0.4, 0.5) is 9.59 Å². The summed E-state index contributed by atoms with van der Waals surface area (Å²) in [5, 5.41) is 7.83. The highest BCUT2D eigenvalue weighted by molar-refractivity contribution is 5.86. The molecule has 0 saturated heterocycles. The molecule has 42 heavy (non-hydrogen) atoms. The fourth-order valence-electron chi connectivity index (χ4n) is 4.88. The second kappa shape index (κ2) is 18.6. The first-order valence-corrected chi connectivity index (χ1v) is 14.5. The van der Waals surface area contributed by atoms with Gasteiger partial charge < -0.3 is 40.6 Å². The summed E-state index contributed by atoms with van der Waals surface area (Å²) in [4.78, 5) is 47.8. The number of amides is 4. The average Bonchev–Trinajstić information content (AvgIpc) is 3.62. The largest absolute Gasteiger partial charge is 0.449 e. The van der Waals surface area contributed by atoms with Gasteiger partial charge in [0.05, 0.1) is 33.0 Å². The first-order valence-electron chi connectivity index (χ1n) is 14.5. The lowest BCUT2D eigenvalue weighted by Crippen LogP contribution is -2.48. The van der Waals surface area contributed by atoms with Crippen LogP contribution in [0.15, 0.2) is 30.3 Å². The fourth-order valence-corrected chi connectivity index (χ4v) is 4.88. The van der Waals surface area contributed by atoms with E-state index >= 15 is 0 Å². The van der Waals surface area contributed by atoms with Crippen molar-refractivity contribution in [2.75, 3.05) is 46.1 Å². The molecule has 0 radical (unpaired) electrons. The van der Waals surface area contributed by atoms with Gasteiger partial charge >= 0.3 is 12.2 Å². The van der Waals surface area contributed by atoms with Gasteiger partial charge in [-0.3, -0.25) is 9.59 Å². The first kappa shape index (κ1) is 32.7. The van der Waals surface area contributed by atoms with Crippen molar-refractivity contribution in [1.29, 1.82) is 0 Å². The Morgan fingerprint density at radius 3 is 2.14 bits per heavy atom. The molecule has 2 unspecified atom stereocenters. The van der Waals surface area contributed by atoms with E-state index < -0.39 is 30.0 Å². The number of carbonyl (C=O) groups is 4. The van der Waals surface area contributed by atoms with E-state index in [0.29, 0.717) is 50.7 Å². The zero-order valence-corrected chi connectivity index (χ0v) is 23.9. The molecule has 4 atom stereocenters. The number of hydrogen-bond donors (Lipinski definition) is 4. The first-order chi connectivity index (χ1) is 20.4. The molecule has 5 N–H and O–H groups in total. The Kier molecular flexibility index (Phi) is 14.5. The van der Waals surface area contributed by atoms with Gasteiger partial charge in [-0.2, -0.15) is 0 Å². The van der Waals surface area contributed by atoms with E-state index in [9.17, 15) is 19.2 Å². The smallest absolute Gasteiger partial charge is 0.408 e. The summed E-state index contributed by atoms with van der Waals surface area (Å²) in [5.41, 5.74) is 6.00. The van der Waals surface area contributed by atoms with E-state index in [-0.39, 0.29) is 32.6 Å². The van der Waals surface area contributed by atoms with E-state index in [2.05, 4.69) is 27.8 Å². The van der Waals surface area contributed by atoms with Crippen molar-refractivity contribution in [3.63, 3.8) is 0 Å². The molecule has 1 saturated carbocycles. The van der Waals surface area contributed by atoms with Gasteiger partial charge in [0.2, 0.25) is 11.8 Å². The van der Waals surface area contributed by atoms with E-state index in [4.69, 9.17) is 24.7 Å². The van der Waals surface area contributed by atoms with Crippen molar-refractivity contribution in [3.05, 3.63) is 35.9 Å². The number of carbonyl (C=O) groups excluding carboxylic acids is 4. The minimum absolute atomic E-state index is 0.0366. The van der Waals surface area contributed by atoms with Crippen LogP contribution in [0.2, 0.25) is 0 Å². The number of alkyl carbamates (subject to hydrolysis) is 2. The molecule has 0 aromatic heterocycles. The molecule has 0 aliphatic heterocycles. The summed E-state index contributed by atoms with van der Waals surface area (Å²) < 4.78 is 21.4. The molecule has 12 nitrogen and oxygen atoms in total. The molecule has 0 spiro atoms. The zero-order chi connectivity index (χ0) is 30.0. The summed E-state index contributed by atoms with van der Waals surface area (Å²) in [6, 6.07) is 8.12. The summed E-state index contributed by atoms with van der Waals surface area (Å²) >= 11 is 0. The number of fused-ring (bicyclic) bond motifs is 1. The Labute approximate surface area is 246 Å². The lowest BCUT2D eigenvalue weighted by Gasteiger charge is -2.18. The van der Waals surface area contributed by atoms with Crippen LogP contribution in [0.1, 0.15) is 44.1 Å². The fraction of sp³-hybridized carbons (Fsp3) is 0.600. The highest BCUT2D eigenvalue weighted by Crippen LogP contribution is 2.52. The van der Waals surface area contributed by atoms with Crippen molar-refractivity contribution in [2.24, 2.45) is 23.5 Å². The number of ether oxygens (including phenoxy) is 4. The van der Waals surface area contributed by atoms with Crippen LogP contribution >= 0.6 is 0 Å². The third-order valence-electron chi connectivity index (χ3n) is 7.18. The molecule has 1 fully saturated rings. The number of primary amides is 1. The Balaban J connectivity index is 1.17. The van der Waals surface area contributed by atoms with Gasteiger partial charge in [0.15, 0.2) is 0 Å². The Morgan fingerprint density at radius 1 is 0.857 bits per heavy atom. The number of rotatable bonds is 18. The molecular formula is C30H42N4O8. The van der Waals surface area contributed by atoms with Crippen molar-refractivity contribution >= 4 is 24.0 Å². The third kappa shape index (κ3) is 12.8. The molecular weight excluding hydrogens is 544 g/mol. The van der Waals surface area contributed by atoms with Crippen LogP contribution < -0.4 is 21.7 Å². The maximum atomic E-state index is 12.5. The maximum absolute atomic E-state index is 12.5. The highest BCUT2D eigenvalue weighted by atomic mass is 16.6. The van der Waals surface area contributed by atoms with Crippen molar-refractivity contribution < 1.29 is 38.1 Å². The van der Waals surface area contributed by atoms with Crippen LogP contribution in [0.25, 0.3) is 0 Å². The Hall–Kier alpha value is -3.82. The van der Waals surface area contributed by atoms with Gasteiger partial charge in [-0.15, -0.1) is 11.8 Å². The third-order valence-corrected chi connectivity index (χ3v) is 7.18. The second-order valence-corrected chi connectivity index (χ2v) is 10.2. The average molecular weight is 587 g/mol. The van der Waals surface area contributed by atoms with Gasteiger partial charge in [0, 0.05) is 32.4 Å². The lowest BCUT2D eigenvalue weighted by atomic mass is 10.1. The van der Waals surface area contributed by atoms with E-state index in [1.807, 2.05) is 30.3 Å². The molecule has 12 heteroatoms. The molecule has 2 aliphatic rings. The topological polar surface area (TPSA) is 167 Å². The van der Waals surface area contributed by atoms with Gasteiger partial charge in [0.25, 0.3) is 0 Å². The van der Waals surface area contributed by atoms with Crippen molar-refractivity contribution in [1.82, 2.24) is 16.0 Å². The molecule has 1 aromatic rings. The standard InChI is InChI=1S/C30H42N4O8/c31-27(35)13-12-26(34-30(38)41-20-22-8-4-3-5-9-22)28(36)32-14-16-39-18-19-40-17-15-33-29(37)42-21-25-23-10-6-1-2-7-11-24(23)25/h3-5,8-9,23-26H,6-7,10-21H2,(H2,31,35)(H,32,36)(H,33,37)(H,34,38)/t23-,24+,25?,26?. The summed E-state index contributed by atoms with van der Waals surface area (Å²) in [5.74, 6) is 7.02. The van der Waals surface area contributed by atoms with E-state index in [0.717, 1.165) is 31.2 Å². The summed E-state index contributed by atoms with van der Waals surface area (Å²) in [6.07, 6.45) is 2.81. The Morgan fingerprint density at radius 2 is 1.50 bits per heavy atom. The SMILES string of the molecule is NC(=O)CCC(NC(=O)OCc1ccccc1)C(=O)NCCOCCOCCNC(=O)OCC1[C@H]2CCC#CCC[C@@H]12. The van der Waals surface area contributed by atoms with Crippen LogP contribution in [0, 0.1) is 29.6 Å². The predicted octanol–water partition coefficient (Wildman–Crippen LogP) is 1.86. The number of benzene rings is 1.